The van der Waals surface area contributed by atoms with Crippen LogP contribution in [0.25, 0.3) is 11.0 Å². The molecule has 0 saturated heterocycles. The van der Waals surface area contributed by atoms with E-state index >= 15 is 0 Å². The van der Waals surface area contributed by atoms with Crippen molar-refractivity contribution in [1.29, 1.82) is 0 Å². The van der Waals surface area contributed by atoms with Gasteiger partial charge in [0.2, 0.25) is 0 Å². The number of fused-ring (bicyclic) bond motifs is 1. The first kappa shape index (κ1) is 15.2. The molecule has 0 fully saturated rings. The lowest BCUT2D eigenvalue weighted by Crippen LogP contribution is -2.07. The number of halogens is 1. The molecule has 20 heavy (non-hydrogen) atoms. The lowest BCUT2D eigenvalue weighted by Gasteiger charge is -2.10. The third-order valence-corrected chi connectivity index (χ3v) is 3.32. The normalized spacial score (nSPS) is 11.2. The van der Waals surface area contributed by atoms with Gasteiger partial charge < -0.3 is 10.1 Å². The predicted molar refractivity (Wildman–Crippen MR) is 86.0 cm³/mol. The third-order valence-electron chi connectivity index (χ3n) is 2.88. The van der Waals surface area contributed by atoms with Gasteiger partial charge in [0.25, 0.3) is 0 Å². The molecule has 0 atom stereocenters. The Morgan fingerprint density at radius 1 is 1.30 bits per heavy atom. The summed E-state index contributed by atoms with van der Waals surface area (Å²) in [5.41, 5.74) is 2.84. The van der Waals surface area contributed by atoms with Crippen molar-refractivity contribution in [3.63, 3.8) is 0 Å². The van der Waals surface area contributed by atoms with Crippen LogP contribution in [0.5, 0.6) is 0 Å². The van der Waals surface area contributed by atoms with Crippen molar-refractivity contribution in [1.82, 2.24) is 9.97 Å². The Bertz CT molecular complexity index is 560. The first-order valence-electron chi connectivity index (χ1n) is 6.92. The van der Waals surface area contributed by atoms with Crippen LogP contribution in [0.3, 0.4) is 0 Å². The van der Waals surface area contributed by atoms with Crippen molar-refractivity contribution >= 4 is 32.7 Å². The summed E-state index contributed by atoms with van der Waals surface area (Å²) in [5, 5.41) is 3.42. The Balaban J connectivity index is 1.87. The molecule has 0 spiro atoms. The molecule has 0 aliphatic carbocycles. The minimum Gasteiger partial charge on any atom is -0.383 e. The molecule has 0 aliphatic heterocycles. The average Bonchev–Trinajstić information content (AvgIpc) is 2.42. The minimum absolute atomic E-state index is 0.315. The van der Waals surface area contributed by atoms with Crippen molar-refractivity contribution in [2.45, 2.75) is 32.8 Å². The van der Waals surface area contributed by atoms with Crippen LogP contribution >= 0.6 is 15.9 Å². The SMILES string of the molecule is CC(C)OCCCCNc1ccnc2cc(Br)cnc12. The topological polar surface area (TPSA) is 47.0 Å². The molecule has 0 radical (unpaired) electrons. The highest BCUT2D eigenvalue weighted by atomic mass is 79.9. The fourth-order valence-electron chi connectivity index (χ4n) is 1.92. The number of unbranched alkanes of at least 4 members (excludes halogenated alkanes) is 1. The molecule has 0 aromatic carbocycles. The number of hydrogen-bond donors (Lipinski definition) is 1. The van der Waals surface area contributed by atoms with Gasteiger partial charge in [0, 0.05) is 30.0 Å². The molecule has 4 nitrogen and oxygen atoms in total. The van der Waals surface area contributed by atoms with E-state index in [-0.39, 0.29) is 0 Å². The van der Waals surface area contributed by atoms with Gasteiger partial charge in [0.15, 0.2) is 0 Å². The van der Waals surface area contributed by atoms with Crippen LogP contribution in [0.15, 0.2) is 29.0 Å². The van der Waals surface area contributed by atoms with Crippen LogP contribution in [-0.4, -0.2) is 29.2 Å². The molecule has 1 N–H and O–H groups in total. The highest BCUT2D eigenvalue weighted by Crippen LogP contribution is 2.21. The van der Waals surface area contributed by atoms with E-state index in [1.807, 2.05) is 12.1 Å². The van der Waals surface area contributed by atoms with Crippen molar-refractivity contribution in [2.24, 2.45) is 0 Å². The number of aromatic nitrogens is 2. The largest absolute Gasteiger partial charge is 0.383 e. The first-order chi connectivity index (χ1) is 9.66. The summed E-state index contributed by atoms with van der Waals surface area (Å²) in [6, 6.07) is 3.94. The molecule has 5 heteroatoms. The molecule has 2 aromatic rings. The summed E-state index contributed by atoms with van der Waals surface area (Å²) < 4.78 is 6.47. The number of hydrogen-bond acceptors (Lipinski definition) is 4. The molecular weight excluding hydrogens is 318 g/mol. The zero-order valence-corrected chi connectivity index (χ0v) is 13.5. The number of nitrogens with zero attached hydrogens (tertiary/aromatic N) is 2. The maximum absolute atomic E-state index is 5.52. The molecule has 2 rings (SSSR count). The molecule has 0 amide bonds. The lowest BCUT2D eigenvalue weighted by atomic mass is 10.2. The summed E-state index contributed by atoms with van der Waals surface area (Å²) in [6.45, 7) is 5.86. The molecule has 0 aliphatic rings. The molecule has 2 aromatic heterocycles. The Labute approximate surface area is 128 Å². The highest BCUT2D eigenvalue weighted by molar-refractivity contribution is 9.10. The van der Waals surface area contributed by atoms with Gasteiger partial charge in [-0.05, 0) is 54.8 Å². The van der Waals surface area contributed by atoms with E-state index in [1.54, 1.807) is 12.4 Å². The van der Waals surface area contributed by atoms with Crippen LogP contribution in [0.1, 0.15) is 26.7 Å². The van der Waals surface area contributed by atoms with Gasteiger partial charge in [-0.1, -0.05) is 0 Å². The monoisotopic (exact) mass is 337 g/mol. The van der Waals surface area contributed by atoms with Crippen LogP contribution in [-0.2, 0) is 4.74 Å². The van der Waals surface area contributed by atoms with E-state index in [9.17, 15) is 0 Å². The smallest absolute Gasteiger partial charge is 0.112 e. The standard InChI is InChI=1S/C15H20BrN3O/c1-11(2)20-8-4-3-6-17-13-5-7-18-14-9-12(16)10-19-15(13)14/h5,7,9-11H,3-4,6,8H2,1-2H3,(H,17,18). The van der Waals surface area contributed by atoms with Gasteiger partial charge in [-0.2, -0.15) is 0 Å². The van der Waals surface area contributed by atoms with Crippen LogP contribution < -0.4 is 5.32 Å². The molecule has 0 bridgehead atoms. The van der Waals surface area contributed by atoms with Gasteiger partial charge in [0.05, 0.1) is 17.3 Å². The molecular formula is C15H20BrN3O. The third kappa shape index (κ3) is 4.42. The number of nitrogens with one attached hydrogen (secondary N) is 1. The van der Waals surface area contributed by atoms with Crippen LogP contribution in [0, 0.1) is 0 Å². The van der Waals surface area contributed by atoms with Crippen molar-refractivity contribution in [3.05, 3.63) is 29.0 Å². The van der Waals surface area contributed by atoms with Gasteiger partial charge >= 0.3 is 0 Å². The van der Waals surface area contributed by atoms with E-state index in [1.165, 1.54) is 0 Å². The Hall–Kier alpha value is -1.20. The van der Waals surface area contributed by atoms with Gasteiger partial charge in [-0.15, -0.1) is 0 Å². The molecule has 0 unspecified atom stereocenters. The minimum atomic E-state index is 0.315. The van der Waals surface area contributed by atoms with Crippen LogP contribution in [0.4, 0.5) is 5.69 Å². The Morgan fingerprint density at radius 3 is 2.95 bits per heavy atom. The maximum Gasteiger partial charge on any atom is 0.112 e. The fraction of sp³-hybridized carbons (Fsp3) is 0.467. The molecule has 108 valence electrons. The number of anilines is 1. The number of pyridine rings is 2. The molecule has 0 saturated carbocycles. The zero-order valence-electron chi connectivity index (χ0n) is 11.9. The quantitative estimate of drug-likeness (QED) is 0.775. The van der Waals surface area contributed by atoms with E-state index in [4.69, 9.17) is 4.74 Å². The predicted octanol–water partition coefficient (Wildman–Crippen LogP) is 4.01. The Kier molecular flexibility index (Phi) is 5.73. The summed E-state index contributed by atoms with van der Waals surface area (Å²) in [7, 11) is 0. The highest BCUT2D eigenvalue weighted by Gasteiger charge is 2.03. The van der Waals surface area contributed by atoms with E-state index in [0.717, 1.165) is 47.2 Å². The second-order valence-corrected chi connectivity index (χ2v) is 5.85. The number of ether oxygens (including phenoxy) is 1. The Morgan fingerprint density at radius 2 is 2.15 bits per heavy atom. The second kappa shape index (κ2) is 7.55. The van der Waals surface area contributed by atoms with E-state index < -0.39 is 0 Å². The summed E-state index contributed by atoms with van der Waals surface area (Å²) in [5.74, 6) is 0. The van der Waals surface area contributed by atoms with Gasteiger partial charge in [-0.25, -0.2) is 0 Å². The average molecular weight is 338 g/mol. The van der Waals surface area contributed by atoms with Crippen molar-refractivity contribution in [2.75, 3.05) is 18.5 Å². The fourth-order valence-corrected chi connectivity index (χ4v) is 2.24. The molecule has 2 heterocycles. The van der Waals surface area contributed by atoms with Crippen molar-refractivity contribution < 1.29 is 4.74 Å². The van der Waals surface area contributed by atoms with Gasteiger partial charge in [-0.3, -0.25) is 9.97 Å². The maximum atomic E-state index is 5.52. The van der Waals surface area contributed by atoms with Crippen LogP contribution in [0.2, 0.25) is 0 Å². The second-order valence-electron chi connectivity index (χ2n) is 4.93. The van der Waals surface area contributed by atoms with Gasteiger partial charge in [0.1, 0.15) is 5.52 Å². The zero-order chi connectivity index (χ0) is 14.4. The first-order valence-corrected chi connectivity index (χ1v) is 7.72. The van der Waals surface area contributed by atoms with E-state index in [2.05, 4.69) is 45.1 Å². The number of rotatable bonds is 7. The summed E-state index contributed by atoms with van der Waals surface area (Å²) in [6.07, 6.45) is 6.06. The van der Waals surface area contributed by atoms with Crippen molar-refractivity contribution in [3.8, 4) is 0 Å². The summed E-state index contributed by atoms with van der Waals surface area (Å²) >= 11 is 3.41. The summed E-state index contributed by atoms with van der Waals surface area (Å²) in [4.78, 5) is 8.75. The van der Waals surface area contributed by atoms with E-state index in [0.29, 0.717) is 6.10 Å². The lowest BCUT2D eigenvalue weighted by molar-refractivity contribution is 0.0765.